The van der Waals surface area contributed by atoms with Crippen LogP contribution in [0.4, 0.5) is 0 Å². The standard InChI is InChI=1S/C60H35N3/c61-36-42-27-31-56-58-45(42)28-29-51-44(30-32-57(59(51)58)63(56)43-12-2-1-3-13-43)37-19-23-39(24-20-37)52-34-54-50-17-7-5-15-48(50)53(35-55(54)49-16-6-4-14-47(49)52)40-25-21-38(22-26-40)46-18-8-10-41-11-9-33-62-60(41)46/h1-35H. The molecule has 11 aromatic carbocycles. The zero-order valence-corrected chi connectivity index (χ0v) is 34.0. The second-order valence-corrected chi connectivity index (χ2v) is 16.5. The molecular formula is C60H35N3. The predicted molar refractivity (Wildman–Crippen MR) is 264 cm³/mol. The van der Waals surface area contributed by atoms with Gasteiger partial charge in [0.15, 0.2) is 0 Å². The molecule has 3 nitrogen and oxygen atoms in total. The molecule has 0 aliphatic rings. The molecule has 0 fully saturated rings. The summed E-state index contributed by atoms with van der Waals surface area (Å²) in [7, 11) is 0. The first-order chi connectivity index (χ1) is 31.2. The molecule has 63 heavy (non-hydrogen) atoms. The average molecular weight is 798 g/mol. The van der Waals surface area contributed by atoms with Crippen LogP contribution < -0.4 is 0 Å². The van der Waals surface area contributed by atoms with Gasteiger partial charge in [-0.1, -0.05) is 158 Å². The third kappa shape index (κ3) is 5.29. The fourth-order valence-corrected chi connectivity index (χ4v) is 10.4. The van der Waals surface area contributed by atoms with Crippen molar-refractivity contribution >= 4 is 75.8 Å². The molecule has 0 amide bonds. The Morgan fingerprint density at radius 1 is 0.365 bits per heavy atom. The summed E-state index contributed by atoms with van der Waals surface area (Å²) in [5, 5.41) is 23.2. The molecule has 2 heterocycles. The van der Waals surface area contributed by atoms with Crippen LogP contribution in [-0.2, 0) is 0 Å². The zero-order chi connectivity index (χ0) is 41.6. The van der Waals surface area contributed by atoms with Gasteiger partial charge in [0, 0.05) is 39.0 Å². The van der Waals surface area contributed by atoms with Crippen molar-refractivity contribution in [2.24, 2.45) is 0 Å². The highest BCUT2D eigenvalue weighted by atomic mass is 15.0. The average Bonchev–Trinajstić information content (AvgIpc) is 3.70. The van der Waals surface area contributed by atoms with Crippen molar-refractivity contribution in [1.82, 2.24) is 9.55 Å². The number of pyridine rings is 1. The number of benzene rings is 11. The lowest BCUT2D eigenvalue weighted by Crippen LogP contribution is -1.93. The Bertz CT molecular complexity index is 4000. The Hall–Kier alpha value is -8.58. The van der Waals surface area contributed by atoms with E-state index in [4.69, 9.17) is 4.98 Å². The van der Waals surface area contributed by atoms with Crippen LogP contribution in [0.3, 0.4) is 0 Å². The van der Waals surface area contributed by atoms with E-state index in [2.05, 4.69) is 205 Å². The molecule has 0 N–H and O–H groups in total. The number of nitrogens with zero attached hydrogens (tertiary/aromatic N) is 3. The number of rotatable bonds is 5. The van der Waals surface area contributed by atoms with E-state index in [0.29, 0.717) is 5.56 Å². The molecule has 0 radical (unpaired) electrons. The smallest absolute Gasteiger partial charge is 0.0998 e. The summed E-state index contributed by atoms with van der Waals surface area (Å²) >= 11 is 0. The van der Waals surface area contributed by atoms with Gasteiger partial charge < -0.3 is 4.57 Å². The number of nitriles is 1. The Morgan fingerprint density at radius 3 is 1.52 bits per heavy atom. The van der Waals surface area contributed by atoms with Gasteiger partial charge in [-0.25, -0.2) is 0 Å². The van der Waals surface area contributed by atoms with Crippen molar-refractivity contribution in [3.05, 3.63) is 218 Å². The summed E-state index contributed by atoms with van der Waals surface area (Å²) in [4.78, 5) is 4.72. The molecule has 13 aromatic rings. The molecule has 290 valence electrons. The van der Waals surface area contributed by atoms with Crippen LogP contribution in [0.15, 0.2) is 212 Å². The molecule has 3 heteroatoms. The van der Waals surface area contributed by atoms with Gasteiger partial charge in [-0.2, -0.15) is 5.26 Å². The molecule has 0 saturated heterocycles. The Labute approximate surface area is 363 Å². The minimum Gasteiger partial charge on any atom is -0.309 e. The largest absolute Gasteiger partial charge is 0.309 e. The molecule has 0 aliphatic heterocycles. The first-order valence-electron chi connectivity index (χ1n) is 21.4. The molecule has 13 rings (SSSR count). The lowest BCUT2D eigenvalue weighted by molar-refractivity contribution is 1.18. The Balaban J connectivity index is 0.939. The van der Waals surface area contributed by atoms with Crippen molar-refractivity contribution in [3.63, 3.8) is 0 Å². The van der Waals surface area contributed by atoms with Crippen LogP contribution in [-0.4, -0.2) is 9.55 Å². The van der Waals surface area contributed by atoms with Crippen LogP contribution in [0.25, 0.3) is 126 Å². The fourth-order valence-electron chi connectivity index (χ4n) is 10.4. The summed E-state index contributed by atoms with van der Waals surface area (Å²) in [6.07, 6.45) is 1.87. The van der Waals surface area contributed by atoms with Gasteiger partial charge in [0.05, 0.1) is 28.2 Å². The number of fused-ring (bicyclic) bond motifs is 6. The van der Waals surface area contributed by atoms with Crippen molar-refractivity contribution in [1.29, 1.82) is 5.26 Å². The maximum absolute atomic E-state index is 10.1. The van der Waals surface area contributed by atoms with Crippen LogP contribution >= 0.6 is 0 Å². The van der Waals surface area contributed by atoms with Crippen molar-refractivity contribution < 1.29 is 0 Å². The second kappa shape index (κ2) is 13.7. The molecular weight excluding hydrogens is 763 g/mol. The topological polar surface area (TPSA) is 41.6 Å². The van der Waals surface area contributed by atoms with Gasteiger partial charge in [-0.15, -0.1) is 0 Å². The number of hydrogen-bond acceptors (Lipinski definition) is 2. The van der Waals surface area contributed by atoms with Gasteiger partial charge in [-0.3, -0.25) is 4.98 Å². The Morgan fingerprint density at radius 2 is 0.889 bits per heavy atom. The number of para-hydroxylation sites is 2. The van der Waals surface area contributed by atoms with Crippen LogP contribution in [0, 0.1) is 11.3 Å². The minimum atomic E-state index is 0.697. The van der Waals surface area contributed by atoms with Crippen LogP contribution in [0.2, 0.25) is 0 Å². The van der Waals surface area contributed by atoms with E-state index >= 15 is 0 Å². The maximum atomic E-state index is 10.1. The zero-order valence-electron chi connectivity index (χ0n) is 34.0. The Kier molecular flexibility index (Phi) is 7.67. The van der Waals surface area contributed by atoms with E-state index in [0.717, 1.165) is 55.1 Å². The molecule has 0 unspecified atom stereocenters. The van der Waals surface area contributed by atoms with Gasteiger partial charge in [0.1, 0.15) is 0 Å². The summed E-state index contributed by atoms with van der Waals surface area (Å²) < 4.78 is 2.33. The number of aromatic nitrogens is 2. The van der Waals surface area contributed by atoms with Gasteiger partial charge in [0.2, 0.25) is 0 Å². The molecule has 0 bridgehead atoms. The van der Waals surface area contributed by atoms with Crippen LogP contribution in [0.5, 0.6) is 0 Å². The third-order valence-electron chi connectivity index (χ3n) is 13.3. The van der Waals surface area contributed by atoms with Gasteiger partial charge in [0.25, 0.3) is 0 Å². The van der Waals surface area contributed by atoms with Crippen molar-refractivity contribution in [2.75, 3.05) is 0 Å². The fraction of sp³-hybridized carbons (Fsp3) is 0. The molecule has 0 saturated carbocycles. The third-order valence-corrected chi connectivity index (χ3v) is 13.3. The second-order valence-electron chi connectivity index (χ2n) is 16.5. The highest BCUT2D eigenvalue weighted by Gasteiger charge is 2.21. The number of hydrogen-bond donors (Lipinski definition) is 0. The quantitative estimate of drug-likeness (QED) is 0.163. The molecule has 0 spiro atoms. The first kappa shape index (κ1) is 35.2. The lowest BCUT2D eigenvalue weighted by atomic mass is 9.87. The molecule has 0 atom stereocenters. The van der Waals surface area contributed by atoms with E-state index in [9.17, 15) is 5.26 Å². The highest BCUT2D eigenvalue weighted by molar-refractivity contribution is 6.28. The normalized spacial score (nSPS) is 11.8. The van der Waals surface area contributed by atoms with E-state index in [1.165, 1.54) is 70.9 Å². The summed E-state index contributed by atoms with van der Waals surface area (Å²) in [6, 6.07) is 76.9. The maximum Gasteiger partial charge on any atom is 0.0998 e. The predicted octanol–water partition coefficient (Wildman–Crippen LogP) is 15.9. The summed E-state index contributed by atoms with van der Waals surface area (Å²) in [5.74, 6) is 0. The van der Waals surface area contributed by atoms with E-state index in [-0.39, 0.29) is 0 Å². The SMILES string of the molecule is N#Cc1ccc2c3c1ccc1c(-c4ccc(-c5cc6c7ccccc7c(-c7ccc(-c8cccc9cccnc89)cc7)cc6c6ccccc56)cc4)ccc(c13)n2-c1ccccc1. The monoisotopic (exact) mass is 797 g/mol. The lowest BCUT2D eigenvalue weighted by Gasteiger charge is -2.17. The van der Waals surface area contributed by atoms with E-state index < -0.39 is 0 Å². The first-order valence-corrected chi connectivity index (χ1v) is 21.4. The van der Waals surface area contributed by atoms with E-state index in [1.54, 1.807) is 0 Å². The summed E-state index contributed by atoms with van der Waals surface area (Å²) in [5.41, 5.74) is 14.5. The van der Waals surface area contributed by atoms with Crippen LogP contribution in [0.1, 0.15) is 5.56 Å². The highest BCUT2D eigenvalue weighted by Crippen LogP contribution is 2.45. The molecule has 0 aliphatic carbocycles. The summed E-state index contributed by atoms with van der Waals surface area (Å²) in [6.45, 7) is 0. The van der Waals surface area contributed by atoms with Crippen molar-refractivity contribution in [3.8, 4) is 56.3 Å². The van der Waals surface area contributed by atoms with Gasteiger partial charge >= 0.3 is 0 Å². The van der Waals surface area contributed by atoms with Gasteiger partial charge in [-0.05, 0) is 125 Å². The molecule has 2 aromatic heterocycles. The van der Waals surface area contributed by atoms with Crippen molar-refractivity contribution in [2.45, 2.75) is 0 Å². The van der Waals surface area contributed by atoms with E-state index in [1.807, 2.05) is 18.3 Å². The minimum absolute atomic E-state index is 0.697.